The largest absolute Gasteiger partial charge is 0.383 e. The molecular weight excluding hydrogens is 529 g/mol. The molecule has 184 valence electrons. The van der Waals surface area contributed by atoms with E-state index in [9.17, 15) is 9.90 Å². The van der Waals surface area contributed by atoms with E-state index >= 15 is 0 Å². The number of likely N-dealkylation sites (tertiary alicyclic amines) is 1. The van der Waals surface area contributed by atoms with E-state index in [0.717, 1.165) is 83.0 Å². The van der Waals surface area contributed by atoms with Gasteiger partial charge in [-0.2, -0.15) is 0 Å². The Kier molecular flexibility index (Phi) is 9.81. The molecule has 0 saturated carbocycles. The molecular formula is C25H40IN5O2. The summed E-state index contributed by atoms with van der Waals surface area (Å²) in [5.74, 6) is 1.15. The van der Waals surface area contributed by atoms with Crippen molar-refractivity contribution in [2.24, 2.45) is 4.99 Å². The summed E-state index contributed by atoms with van der Waals surface area (Å²) in [4.78, 5) is 24.2. The molecule has 4 rings (SSSR count). The third kappa shape index (κ3) is 6.60. The number of hydrogen-bond acceptors (Lipinski definition) is 4. The van der Waals surface area contributed by atoms with Gasteiger partial charge in [-0.3, -0.25) is 9.69 Å². The number of nitrogens with zero attached hydrogens (tertiary/aromatic N) is 4. The molecule has 1 unspecified atom stereocenters. The number of rotatable bonds is 5. The number of piperazine rings is 1. The number of carbonyl (C=O) groups excluding carboxylic acids is 1. The van der Waals surface area contributed by atoms with E-state index in [0.29, 0.717) is 13.1 Å². The van der Waals surface area contributed by atoms with Gasteiger partial charge in [-0.05, 0) is 43.7 Å². The smallest absolute Gasteiger partial charge is 0.236 e. The van der Waals surface area contributed by atoms with Gasteiger partial charge in [-0.25, -0.2) is 4.99 Å². The molecule has 2 heterocycles. The van der Waals surface area contributed by atoms with Gasteiger partial charge >= 0.3 is 0 Å². The Morgan fingerprint density at radius 3 is 2.42 bits per heavy atom. The molecule has 1 aromatic carbocycles. The van der Waals surface area contributed by atoms with Crippen molar-refractivity contribution >= 4 is 35.8 Å². The monoisotopic (exact) mass is 569 g/mol. The first-order valence-corrected chi connectivity index (χ1v) is 12.4. The predicted molar refractivity (Wildman–Crippen MR) is 143 cm³/mol. The molecule has 2 saturated heterocycles. The Labute approximate surface area is 215 Å². The number of guanidine groups is 1. The summed E-state index contributed by atoms with van der Waals surface area (Å²) in [6.07, 6.45) is 6.40. The van der Waals surface area contributed by atoms with Crippen LogP contribution in [0.15, 0.2) is 29.3 Å². The molecule has 0 spiro atoms. The third-order valence-corrected chi connectivity index (χ3v) is 7.14. The molecule has 3 aliphatic rings. The zero-order valence-corrected chi connectivity index (χ0v) is 22.3. The molecule has 8 heteroatoms. The van der Waals surface area contributed by atoms with Gasteiger partial charge in [0.2, 0.25) is 5.91 Å². The highest BCUT2D eigenvalue weighted by Crippen LogP contribution is 2.36. The van der Waals surface area contributed by atoms with Crippen LogP contribution in [0.1, 0.15) is 50.2 Å². The number of aryl methyl sites for hydroxylation is 1. The normalized spacial score (nSPS) is 24.1. The van der Waals surface area contributed by atoms with E-state index in [1.807, 2.05) is 18.2 Å². The lowest BCUT2D eigenvalue weighted by molar-refractivity contribution is -0.132. The van der Waals surface area contributed by atoms with Gasteiger partial charge < -0.3 is 20.2 Å². The number of fused-ring (bicyclic) bond motifs is 1. The van der Waals surface area contributed by atoms with Gasteiger partial charge in [-0.1, -0.05) is 37.1 Å². The number of nitrogens with one attached hydrogen (secondary N) is 1. The molecule has 0 bridgehead atoms. The fourth-order valence-electron chi connectivity index (χ4n) is 5.19. The number of halogens is 1. The molecule has 1 aliphatic carbocycles. The van der Waals surface area contributed by atoms with Crippen LogP contribution in [-0.4, -0.2) is 90.6 Å². The number of aliphatic hydroxyl groups is 1. The summed E-state index contributed by atoms with van der Waals surface area (Å²) < 4.78 is 0. The molecule has 2 fully saturated rings. The number of hydrogen-bond donors (Lipinski definition) is 2. The quantitative estimate of drug-likeness (QED) is 0.324. The Morgan fingerprint density at radius 1 is 1.03 bits per heavy atom. The first-order chi connectivity index (χ1) is 15.6. The Balaban J connectivity index is 0.00000306. The SMILES string of the molecule is CCNC(=NCC1(O)CCc2ccccc21)N1CCN(CC(=O)N2CCCCCC2)CC1.I. The van der Waals surface area contributed by atoms with Gasteiger partial charge in [0.25, 0.3) is 0 Å². The van der Waals surface area contributed by atoms with Gasteiger partial charge in [0, 0.05) is 45.8 Å². The van der Waals surface area contributed by atoms with Crippen molar-refractivity contribution in [3.8, 4) is 0 Å². The van der Waals surface area contributed by atoms with Crippen molar-refractivity contribution in [1.82, 2.24) is 20.0 Å². The lowest BCUT2D eigenvalue weighted by Gasteiger charge is -2.37. The van der Waals surface area contributed by atoms with Crippen LogP contribution in [0.3, 0.4) is 0 Å². The maximum atomic E-state index is 12.7. The molecule has 33 heavy (non-hydrogen) atoms. The fourth-order valence-corrected chi connectivity index (χ4v) is 5.19. The van der Waals surface area contributed by atoms with Crippen molar-refractivity contribution in [1.29, 1.82) is 0 Å². The van der Waals surface area contributed by atoms with Crippen LogP contribution in [-0.2, 0) is 16.8 Å². The van der Waals surface area contributed by atoms with Gasteiger partial charge in [0.05, 0.1) is 13.1 Å². The number of aliphatic imine (C=N–C) groups is 1. The predicted octanol–water partition coefficient (Wildman–Crippen LogP) is 2.42. The lowest BCUT2D eigenvalue weighted by Crippen LogP contribution is -2.54. The second-order valence-electron chi connectivity index (χ2n) is 9.42. The second kappa shape index (κ2) is 12.4. The Hall–Kier alpha value is -1.39. The summed E-state index contributed by atoms with van der Waals surface area (Å²) >= 11 is 0. The number of carbonyl (C=O) groups is 1. The minimum Gasteiger partial charge on any atom is -0.383 e. The van der Waals surface area contributed by atoms with Crippen molar-refractivity contribution in [2.45, 2.75) is 51.0 Å². The van der Waals surface area contributed by atoms with Gasteiger partial charge in [0.1, 0.15) is 5.60 Å². The van der Waals surface area contributed by atoms with E-state index in [1.54, 1.807) is 0 Å². The Bertz CT molecular complexity index is 804. The zero-order valence-electron chi connectivity index (χ0n) is 20.0. The second-order valence-corrected chi connectivity index (χ2v) is 9.42. The van der Waals surface area contributed by atoms with Crippen LogP contribution < -0.4 is 5.32 Å². The summed E-state index contributed by atoms with van der Waals surface area (Å²) in [7, 11) is 0. The summed E-state index contributed by atoms with van der Waals surface area (Å²) in [6, 6.07) is 8.17. The minimum absolute atomic E-state index is 0. The van der Waals surface area contributed by atoms with E-state index in [-0.39, 0.29) is 29.9 Å². The standard InChI is InChI=1S/C25H39N5O2.HI/c1-2-26-24(27-20-25(32)12-11-21-9-5-6-10-22(21)25)30-17-15-28(16-18-30)19-23(31)29-13-7-3-4-8-14-29;/h5-6,9-10,32H,2-4,7-8,11-20H2,1H3,(H,26,27);1H. The first-order valence-electron chi connectivity index (χ1n) is 12.4. The van der Waals surface area contributed by atoms with Crippen LogP contribution in [0.4, 0.5) is 0 Å². The van der Waals surface area contributed by atoms with Crippen molar-refractivity contribution in [3.05, 3.63) is 35.4 Å². The third-order valence-electron chi connectivity index (χ3n) is 7.14. The highest BCUT2D eigenvalue weighted by Gasteiger charge is 2.36. The topological polar surface area (TPSA) is 71.4 Å². The van der Waals surface area contributed by atoms with Crippen LogP contribution in [0.5, 0.6) is 0 Å². The van der Waals surface area contributed by atoms with Crippen LogP contribution in [0.2, 0.25) is 0 Å². The Morgan fingerprint density at radius 2 is 1.73 bits per heavy atom. The van der Waals surface area contributed by atoms with E-state index in [2.05, 4.69) is 33.0 Å². The molecule has 7 nitrogen and oxygen atoms in total. The molecule has 2 aliphatic heterocycles. The lowest BCUT2D eigenvalue weighted by atomic mass is 9.96. The molecule has 1 atom stereocenters. The first kappa shape index (κ1) is 26.2. The van der Waals surface area contributed by atoms with Gasteiger partial charge in [-0.15, -0.1) is 24.0 Å². The van der Waals surface area contributed by atoms with E-state index in [1.165, 1.54) is 18.4 Å². The van der Waals surface area contributed by atoms with Crippen LogP contribution in [0, 0.1) is 0 Å². The van der Waals surface area contributed by atoms with Crippen LogP contribution in [0.25, 0.3) is 0 Å². The average molecular weight is 570 g/mol. The average Bonchev–Trinajstić information content (AvgIpc) is 2.97. The van der Waals surface area contributed by atoms with E-state index < -0.39 is 5.60 Å². The van der Waals surface area contributed by atoms with Crippen molar-refractivity contribution in [3.63, 3.8) is 0 Å². The molecule has 1 amide bonds. The number of benzene rings is 1. The summed E-state index contributed by atoms with van der Waals surface area (Å²) in [6.45, 7) is 9.01. The maximum Gasteiger partial charge on any atom is 0.236 e. The van der Waals surface area contributed by atoms with Crippen molar-refractivity contribution in [2.75, 3.05) is 58.9 Å². The summed E-state index contributed by atoms with van der Waals surface area (Å²) in [5, 5.41) is 14.6. The molecule has 2 N–H and O–H groups in total. The fraction of sp³-hybridized carbons (Fsp3) is 0.680. The van der Waals surface area contributed by atoms with E-state index in [4.69, 9.17) is 4.99 Å². The van der Waals surface area contributed by atoms with Crippen LogP contribution >= 0.6 is 24.0 Å². The zero-order chi connectivity index (χ0) is 22.4. The molecule has 0 aromatic heterocycles. The summed E-state index contributed by atoms with van der Waals surface area (Å²) in [5.41, 5.74) is 1.38. The highest BCUT2D eigenvalue weighted by molar-refractivity contribution is 14.0. The number of amides is 1. The highest BCUT2D eigenvalue weighted by atomic mass is 127. The van der Waals surface area contributed by atoms with Crippen molar-refractivity contribution < 1.29 is 9.90 Å². The minimum atomic E-state index is -0.876. The molecule has 0 radical (unpaired) electrons. The van der Waals surface area contributed by atoms with Gasteiger partial charge in [0.15, 0.2) is 5.96 Å². The molecule has 1 aromatic rings. The maximum absolute atomic E-state index is 12.7.